The Morgan fingerprint density at radius 2 is 1.95 bits per heavy atom. The Kier molecular flexibility index (Phi) is 3.70. The lowest BCUT2D eigenvalue weighted by Crippen LogP contribution is -2.40. The summed E-state index contributed by atoms with van der Waals surface area (Å²) in [6.07, 6.45) is 3.12. The van der Waals surface area contributed by atoms with Crippen LogP contribution in [0.25, 0.3) is 0 Å². The number of carbonyl (C=O) groups is 1. The van der Waals surface area contributed by atoms with E-state index in [1.165, 1.54) is 12.1 Å². The second-order valence-electron chi connectivity index (χ2n) is 5.54. The van der Waals surface area contributed by atoms with Gasteiger partial charge in [0.25, 0.3) is 5.91 Å². The standard InChI is InChI=1S/C15H18F2N2O/c16-13-6-1-5-12(14(13)17)15(20)19-9-3-8-18-7-2-4-11(18)10-19/h1,5-6,11H,2-4,7-10H2. The average molecular weight is 280 g/mol. The van der Waals surface area contributed by atoms with Crippen LogP contribution >= 0.6 is 0 Å². The van der Waals surface area contributed by atoms with Crippen molar-refractivity contribution >= 4 is 5.91 Å². The van der Waals surface area contributed by atoms with Gasteiger partial charge < -0.3 is 4.90 Å². The van der Waals surface area contributed by atoms with Crippen molar-refractivity contribution < 1.29 is 13.6 Å². The third-order valence-corrected chi connectivity index (χ3v) is 4.27. The van der Waals surface area contributed by atoms with Gasteiger partial charge in [0.1, 0.15) is 0 Å². The molecule has 0 bridgehead atoms. The molecule has 1 amide bonds. The summed E-state index contributed by atoms with van der Waals surface area (Å²) < 4.78 is 27.0. The highest BCUT2D eigenvalue weighted by molar-refractivity contribution is 5.94. The molecule has 1 atom stereocenters. The fraction of sp³-hybridized carbons (Fsp3) is 0.533. The number of hydrogen-bond acceptors (Lipinski definition) is 2. The largest absolute Gasteiger partial charge is 0.337 e. The topological polar surface area (TPSA) is 23.6 Å². The van der Waals surface area contributed by atoms with E-state index in [4.69, 9.17) is 0 Å². The Morgan fingerprint density at radius 1 is 1.15 bits per heavy atom. The van der Waals surface area contributed by atoms with Crippen molar-refractivity contribution in [1.82, 2.24) is 9.80 Å². The summed E-state index contributed by atoms with van der Waals surface area (Å²) in [5.74, 6) is -2.39. The van der Waals surface area contributed by atoms with Crippen LogP contribution in [0.15, 0.2) is 18.2 Å². The van der Waals surface area contributed by atoms with Gasteiger partial charge in [-0.3, -0.25) is 9.69 Å². The number of hydrogen-bond donors (Lipinski definition) is 0. The van der Waals surface area contributed by atoms with Crippen molar-refractivity contribution in [2.45, 2.75) is 25.3 Å². The molecule has 0 N–H and O–H groups in total. The van der Waals surface area contributed by atoms with Gasteiger partial charge in [-0.2, -0.15) is 0 Å². The van der Waals surface area contributed by atoms with E-state index in [1.54, 1.807) is 4.90 Å². The Morgan fingerprint density at radius 3 is 2.80 bits per heavy atom. The van der Waals surface area contributed by atoms with Crippen LogP contribution in [0, 0.1) is 11.6 Å². The number of nitrogens with zero attached hydrogens (tertiary/aromatic N) is 2. The number of amides is 1. The maximum atomic E-state index is 13.7. The minimum Gasteiger partial charge on any atom is -0.337 e. The number of benzene rings is 1. The molecular formula is C15H18F2N2O. The van der Waals surface area contributed by atoms with Gasteiger partial charge in [-0.15, -0.1) is 0 Å². The first-order chi connectivity index (χ1) is 9.66. The smallest absolute Gasteiger partial charge is 0.256 e. The minimum atomic E-state index is -1.04. The predicted octanol–water partition coefficient (Wildman–Crippen LogP) is 2.28. The molecular weight excluding hydrogens is 262 g/mol. The van der Waals surface area contributed by atoms with Crippen LogP contribution in [-0.2, 0) is 0 Å². The van der Waals surface area contributed by atoms with Crippen molar-refractivity contribution in [3.8, 4) is 0 Å². The first-order valence-electron chi connectivity index (χ1n) is 7.14. The van der Waals surface area contributed by atoms with Crippen LogP contribution in [0.5, 0.6) is 0 Å². The molecule has 0 radical (unpaired) electrons. The Bertz CT molecular complexity index is 521. The summed E-state index contributed by atoms with van der Waals surface area (Å²) >= 11 is 0. The highest BCUT2D eigenvalue weighted by Gasteiger charge is 2.31. The zero-order chi connectivity index (χ0) is 14.1. The molecule has 0 spiro atoms. The molecule has 0 aromatic heterocycles. The van der Waals surface area contributed by atoms with Gasteiger partial charge in [-0.1, -0.05) is 6.07 Å². The van der Waals surface area contributed by atoms with E-state index in [1.807, 2.05) is 0 Å². The van der Waals surface area contributed by atoms with Crippen molar-refractivity contribution in [3.05, 3.63) is 35.4 Å². The van der Waals surface area contributed by atoms with Gasteiger partial charge in [0.15, 0.2) is 11.6 Å². The normalized spacial score (nSPS) is 23.5. The molecule has 0 saturated carbocycles. The fourth-order valence-corrected chi connectivity index (χ4v) is 3.23. The SMILES string of the molecule is O=C(c1cccc(F)c1F)N1CCCN2CCCC2C1. The van der Waals surface area contributed by atoms with Crippen LogP contribution in [0.2, 0.25) is 0 Å². The van der Waals surface area contributed by atoms with Gasteiger partial charge in [-0.25, -0.2) is 8.78 Å². The van der Waals surface area contributed by atoms with E-state index >= 15 is 0 Å². The average Bonchev–Trinajstić information content (AvgIpc) is 2.78. The van der Waals surface area contributed by atoms with Gasteiger partial charge in [-0.05, 0) is 37.9 Å². The van der Waals surface area contributed by atoms with E-state index in [0.29, 0.717) is 19.1 Å². The van der Waals surface area contributed by atoms with E-state index in [-0.39, 0.29) is 5.56 Å². The van der Waals surface area contributed by atoms with Gasteiger partial charge in [0, 0.05) is 25.7 Å². The predicted molar refractivity (Wildman–Crippen MR) is 71.5 cm³/mol. The second-order valence-corrected chi connectivity index (χ2v) is 5.54. The summed E-state index contributed by atoms with van der Waals surface area (Å²) in [6, 6.07) is 4.15. The van der Waals surface area contributed by atoms with Crippen LogP contribution in [0.4, 0.5) is 8.78 Å². The molecule has 0 aliphatic carbocycles. The van der Waals surface area contributed by atoms with Gasteiger partial charge >= 0.3 is 0 Å². The molecule has 2 saturated heterocycles. The molecule has 2 fully saturated rings. The molecule has 5 heteroatoms. The molecule has 108 valence electrons. The molecule has 2 aliphatic rings. The molecule has 1 unspecified atom stereocenters. The summed E-state index contributed by atoms with van der Waals surface area (Å²) in [5, 5.41) is 0. The Labute approximate surface area is 117 Å². The summed E-state index contributed by atoms with van der Waals surface area (Å²) in [4.78, 5) is 16.5. The Balaban J connectivity index is 1.81. The van der Waals surface area contributed by atoms with Gasteiger partial charge in [0.2, 0.25) is 0 Å². The van der Waals surface area contributed by atoms with Crippen LogP contribution < -0.4 is 0 Å². The minimum absolute atomic E-state index is 0.156. The quantitative estimate of drug-likeness (QED) is 0.788. The molecule has 2 aliphatic heterocycles. The number of carbonyl (C=O) groups excluding carboxylic acids is 1. The molecule has 1 aromatic rings. The first-order valence-corrected chi connectivity index (χ1v) is 7.14. The monoisotopic (exact) mass is 280 g/mol. The van der Waals surface area contributed by atoms with Crippen LogP contribution in [0.1, 0.15) is 29.6 Å². The molecule has 3 nitrogen and oxygen atoms in total. The van der Waals surface area contributed by atoms with Crippen molar-refractivity contribution in [3.63, 3.8) is 0 Å². The highest BCUT2D eigenvalue weighted by atomic mass is 19.2. The number of fused-ring (bicyclic) bond motifs is 1. The summed E-state index contributed by atoms with van der Waals surface area (Å²) in [7, 11) is 0. The van der Waals surface area contributed by atoms with Crippen LogP contribution in [-0.4, -0.2) is 47.9 Å². The molecule has 3 rings (SSSR count). The van der Waals surface area contributed by atoms with E-state index < -0.39 is 17.5 Å². The van der Waals surface area contributed by atoms with E-state index in [2.05, 4.69) is 4.90 Å². The highest BCUT2D eigenvalue weighted by Crippen LogP contribution is 2.23. The first kappa shape index (κ1) is 13.5. The lowest BCUT2D eigenvalue weighted by atomic mass is 10.1. The maximum Gasteiger partial charge on any atom is 0.256 e. The van der Waals surface area contributed by atoms with Crippen molar-refractivity contribution in [2.24, 2.45) is 0 Å². The zero-order valence-electron chi connectivity index (χ0n) is 11.3. The summed E-state index contributed by atoms with van der Waals surface area (Å²) in [5.41, 5.74) is -0.156. The molecule has 2 heterocycles. The zero-order valence-corrected chi connectivity index (χ0v) is 11.3. The Hall–Kier alpha value is -1.49. The molecule has 1 aromatic carbocycles. The van der Waals surface area contributed by atoms with Crippen molar-refractivity contribution in [2.75, 3.05) is 26.2 Å². The third-order valence-electron chi connectivity index (χ3n) is 4.27. The molecule has 20 heavy (non-hydrogen) atoms. The lowest BCUT2D eigenvalue weighted by molar-refractivity contribution is 0.0737. The number of rotatable bonds is 1. The lowest BCUT2D eigenvalue weighted by Gasteiger charge is -2.25. The van der Waals surface area contributed by atoms with Crippen LogP contribution in [0.3, 0.4) is 0 Å². The van der Waals surface area contributed by atoms with Crippen molar-refractivity contribution in [1.29, 1.82) is 0 Å². The number of halogens is 2. The third kappa shape index (κ3) is 2.42. The van der Waals surface area contributed by atoms with Gasteiger partial charge in [0.05, 0.1) is 5.56 Å². The fourth-order valence-electron chi connectivity index (χ4n) is 3.23. The summed E-state index contributed by atoms with van der Waals surface area (Å²) in [6.45, 7) is 3.30. The van der Waals surface area contributed by atoms with E-state index in [9.17, 15) is 13.6 Å². The van der Waals surface area contributed by atoms with E-state index in [0.717, 1.165) is 38.4 Å². The second kappa shape index (κ2) is 5.48. The maximum absolute atomic E-state index is 13.7.